The number of ketones is 1. The van der Waals surface area contributed by atoms with Gasteiger partial charge < -0.3 is 10.4 Å². The van der Waals surface area contributed by atoms with Crippen LogP contribution in [0.15, 0.2) is 24.3 Å². The lowest BCUT2D eigenvalue weighted by Gasteiger charge is -2.27. The van der Waals surface area contributed by atoms with Gasteiger partial charge >= 0.3 is 0 Å². The molecule has 3 heteroatoms. The number of nitrogens with one attached hydrogen (secondary N) is 1. The zero-order valence-electron chi connectivity index (χ0n) is 9.44. The first kappa shape index (κ1) is 11.1. The predicted octanol–water partition coefficient (Wildman–Crippen LogP) is 1.96. The number of phenolic OH excluding ortho intramolecular Hbond substituents is 1. The fraction of sp³-hybridized carbons (Fsp3) is 0.462. The Hall–Kier alpha value is -1.35. The van der Waals surface area contributed by atoms with Crippen LogP contribution in [0.3, 0.4) is 0 Å². The molecule has 0 aromatic heterocycles. The van der Waals surface area contributed by atoms with E-state index in [1.165, 1.54) is 0 Å². The van der Waals surface area contributed by atoms with Gasteiger partial charge in [0.25, 0.3) is 0 Å². The zero-order valence-corrected chi connectivity index (χ0v) is 9.44. The van der Waals surface area contributed by atoms with Crippen molar-refractivity contribution < 1.29 is 9.90 Å². The third-order valence-corrected chi connectivity index (χ3v) is 3.16. The van der Waals surface area contributed by atoms with Crippen LogP contribution < -0.4 is 5.32 Å². The van der Waals surface area contributed by atoms with Gasteiger partial charge in [-0.25, -0.2) is 0 Å². The number of phenols is 1. The fourth-order valence-corrected chi connectivity index (χ4v) is 2.27. The summed E-state index contributed by atoms with van der Waals surface area (Å²) in [5, 5.41) is 13.0. The maximum Gasteiger partial charge on any atom is 0.169 e. The molecule has 0 radical (unpaired) electrons. The van der Waals surface area contributed by atoms with Gasteiger partial charge in [0.05, 0.1) is 5.56 Å². The number of piperidine rings is 1. The molecule has 1 aliphatic rings. The average molecular weight is 219 g/mol. The van der Waals surface area contributed by atoms with Gasteiger partial charge in [0.1, 0.15) is 5.75 Å². The van der Waals surface area contributed by atoms with Crippen LogP contribution in [-0.2, 0) is 0 Å². The summed E-state index contributed by atoms with van der Waals surface area (Å²) in [6.45, 7) is 2.97. The number of rotatable bonds is 2. The summed E-state index contributed by atoms with van der Waals surface area (Å²) in [4.78, 5) is 12.2. The third kappa shape index (κ3) is 2.25. The van der Waals surface area contributed by atoms with Crippen LogP contribution >= 0.6 is 0 Å². The molecule has 0 bridgehead atoms. The van der Waals surface area contributed by atoms with Gasteiger partial charge in [0, 0.05) is 12.0 Å². The van der Waals surface area contributed by atoms with E-state index in [2.05, 4.69) is 12.2 Å². The smallest absolute Gasteiger partial charge is 0.169 e. The monoisotopic (exact) mass is 219 g/mol. The number of benzene rings is 1. The fourth-order valence-electron chi connectivity index (χ4n) is 2.27. The Balaban J connectivity index is 2.16. The topological polar surface area (TPSA) is 49.3 Å². The molecule has 0 aliphatic carbocycles. The molecule has 86 valence electrons. The zero-order chi connectivity index (χ0) is 11.5. The Kier molecular flexibility index (Phi) is 3.25. The van der Waals surface area contributed by atoms with E-state index < -0.39 is 0 Å². The first-order valence-corrected chi connectivity index (χ1v) is 5.74. The minimum atomic E-state index is 0.0459. The van der Waals surface area contributed by atoms with Crippen LogP contribution in [0.4, 0.5) is 0 Å². The number of carbonyl (C=O) groups excluding carboxylic acids is 1. The van der Waals surface area contributed by atoms with Crippen LogP contribution in [0.25, 0.3) is 0 Å². The molecule has 2 unspecified atom stereocenters. The van der Waals surface area contributed by atoms with Crippen molar-refractivity contribution in [1.82, 2.24) is 5.32 Å². The molecule has 16 heavy (non-hydrogen) atoms. The summed E-state index contributed by atoms with van der Waals surface area (Å²) < 4.78 is 0. The Morgan fingerprint density at radius 3 is 2.88 bits per heavy atom. The molecule has 1 aliphatic heterocycles. The van der Waals surface area contributed by atoms with Gasteiger partial charge in [0.2, 0.25) is 0 Å². The van der Waals surface area contributed by atoms with E-state index in [0.29, 0.717) is 11.6 Å². The van der Waals surface area contributed by atoms with Crippen LogP contribution in [0.2, 0.25) is 0 Å². The minimum Gasteiger partial charge on any atom is -0.507 e. The van der Waals surface area contributed by atoms with Gasteiger partial charge in [0.15, 0.2) is 5.78 Å². The van der Waals surface area contributed by atoms with Crippen molar-refractivity contribution >= 4 is 5.78 Å². The molecular weight excluding hydrogens is 202 g/mol. The SMILES string of the molecule is CC1CC(C(=O)c2ccccc2O)CCN1. The molecule has 2 N–H and O–H groups in total. The van der Waals surface area contributed by atoms with E-state index in [-0.39, 0.29) is 17.5 Å². The number of hydrogen-bond donors (Lipinski definition) is 2. The highest BCUT2D eigenvalue weighted by Gasteiger charge is 2.26. The molecule has 1 aromatic rings. The Labute approximate surface area is 95.5 Å². The maximum atomic E-state index is 12.2. The molecule has 3 nitrogen and oxygen atoms in total. The Morgan fingerprint density at radius 2 is 2.19 bits per heavy atom. The van der Waals surface area contributed by atoms with Gasteiger partial charge in [-0.1, -0.05) is 12.1 Å². The summed E-state index contributed by atoms with van der Waals surface area (Å²) in [5.74, 6) is 0.217. The van der Waals surface area contributed by atoms with Gasteiger partial charge in [-0.15, -0.1) is 0 Å². The summed E-state index contributed by atoms with van der Waals surface area (Å²) in [7, 11) is 0. The number of carbonyl (C=O) groups is 1. The van der Waals surface area contributed by atoms with Gasteiger partial charge in [-0.05, 0) is 38.4 Å². The Bertz CT molecular complexity index is 389. The maximum absolute atomic E-state index is 12.2. The van der Waals surface area contributed by atoms with Crippen molar-refractivity contribution in [3.8, 4) is 5.75 Å². The van der Waals surface area contributed by atoms with Crippen LogP contribution in [0, 0.1) is 5.92 Å². The highest BCUT2D eigenvalue weighted by Crippen LogP contribution is 2.25. The number of para-hydroxylation sites is 1. The molecule has 0 saturated carbocycles. The second-order valence-corrected chi connectivity index (χ2v) is 4.46. The predicted molar refractivity (Wildman–Crippen MR) is 62.6 cm³/mol. The van der Waals surface area contributed by atoms with Crippen LogP contribution in [0.5, 0.6) is 5.75 Å². The van der Waals surface area contributed by atoms with Crippen molar-refractivity contribution in [2.24, 2.45) is 5.92 Å². The van der Waals surface area contributed by atoms with Crippen molar-refractivity contribution in [3.63, 3.8) is 0 Å². The molecule has 1 fully saturated rings. The molecule has 1 saturated heterocycles. The van der Waals surface area contributed by atoms with E-state index in [9.17, 15) is 9.90 Å². The molecule has 0 amide bonds. The van der Waals surface area contributed by atoms with Gasteiger partial charge in [-0.3, -0.25) is 4.79 Å². The van der Waals surface area contributed by atoms with E-state index in [0.717, 1.165) is 19.4 Å². The van der Waals surface area contributed by atoms with E-state index in [4.69, 9.17) is 0 Å². The van der Waals surface area contributed by atoms with Crippen LogP contribution in [0.1, 0.15) is 30.1 Å². The highest BCUT2D eigenvalue weighted by molar-refractivity contribution is 6.00. The third-order valence-electron chi connectivity index (χ3n) is 3.16. The van der Waals surface area contributed by atoms with Crippen LogP contribution in [-0.4, -0.2) is 23.5 Å². The van der Waals surface area contributed by atoms with E-state index in [1.807, 2.05) is 0 Å². The normalized spacial score (nSPS) is 25.3. The first-order chi connectivity index (χ1) is 7.68. The highest BCUT2D eigenvalue weighted by atomic mass is 16.3. The standard InChI is InChI=1S/C13H17NO2/c1-9-8-10(6-7-14-9)13(16)11-4-2-3-5-12(11)15/h2-5,9-10,14-15H,6-8H2,1H3. The minimum absolute atomic E-state index is 0.0459. The summed E-state index contributed by atoms with van der Waals surface area (Å²) >= 11 is 0. The quantitative estimate of drug-likeness (QED) is 0.748. The van der Waals surface area contributed by atoms with Crippen molar-refractivity contribution in [2.45, 2.75) is 25.8 Å². The van der Waals surface area contributed by atoms with E-state index in [1.54, 1.807) is 24.3 Å². The molecule has 1 heterocycles. The molecule has 1 aromatic carbocycles. The summed E-state index contributed by atoms with van der Waals surface area (Å²) in [5.41, 5.74) is 0.460. The largest absolute Gasteiger partial charge is 0.507 e. The lowest BCUT2D eigenvalue weighted by Crippen LogP contribution is -2.38. The van der Waals surface area contributed by atoms with Crippen molar-refractivity contribution in [1.29, 1.82) is 0 Å². The van der Waals surface area contributed by atoms with Crippen molar-refractivity contribution in [2.75, 3.05) is 6.54 Å². The lowest BCUT2D eigenvalue weighted by molar-refractivity contribution is 0.0878. The lowest BCUT2D eigenvalue weighted by atomic mass is 9.86. The van der Waals surface area contributed by atoms with E-state index >= 15 is 0 Å². The number of aromatic hydroxyl groups is 1. The van der Waals surface area contributed by atoms with Crippen molar-refractivity contribution in [3.05, 3.63) is 29.8 Å². The molecular formula is C13H17NO2. The summed E-state index contributed by atoms with van der Waals surface area (Å²) in [6.07, 6.45) is 1.71. The second kappa shape index (κ2) is 4.66. The number of Topliss-reactive ketones (excluding diaryl/α,β-unsaturated/α-hetero) is 1. The molecule has 2 atom stereocenters. The Morgan fingerprint density at radius 1 is 1.44 bits per heavy atom. The number of hydrogen-bond acceptors (Lipinski definition) is 3. The molecule has 0 spiro atoms. The molecule has 2 rings (SSSR count). The first-order valence-electron chi connectivity index (χ1n) is 5.74. The average Bonchev–Trinajstić information content (AvgIpc) is 2.29. The second-order valence-electron chi connectivity index (χ2n) is 4.46. The van der Waals surface area contributed by atoms with Gasteiger partial charge in [-0.2, -0.15) is 0 Å². The summed E-state index contributed by atoms with van der Waals surface area (Å²) in [6, 6.07) is 7.17.